The predicted octanol–water partition coefficient (Wildman–Crippen LogP) is 1.94. The van der Waals surface area contributed by atoms with E-state index in [1.807, 2.05) is 6.07 Å². The topological polar surface area (TPSA) is 85.4 Å². The van der Waals surface area contributed by atoms with E-state index in [1.165, 1.54) is 0 Å². The normalized spacial score (nSPS) is 16.7. The van der Waals surface area contributed by atoms with Gasteiger partial charge in [-0.1, -0.05) is 6.58 Å². The standard InChI is InChI=1S/C12H14N2O4/c1-9(14(15)16)7-11(8-13)10(2)18-12-3-5-17-6-4-12/h7,12H,1-6H2/b11-7-. The van der Waals surface area contributed by atoms with Crippen LogP contribution < -0.4 is 0 Å². The predicted molar refractivity (Wildman–Crippen MR) is 63.9 cm³/mol. The average molecular weight is 250 g/mol. The first-order chi connectivity index (χ1) is 8.54. The molecule has 18 heavy (non-hydrogen) atoms. The van der Waals surface area contributed by atoms with Crippen LogP contribution in [0.5, 0.6) is 0 Å². The monoisotopic (exact) mass is 250 g/mol. The molecule has 96 valence electrons. The summed E-state index contributed by atoms with van der Waals surface area (Å²) in [6, 6.07) is 1.82. The molecule has 0 amide bonds. The molecule has 0 aromatic heterocycles. The highest BCUT2D eigenvalue weighted by molar-refractivity contribution is 5.40. The van der Waals surface area contributed by atoms with Gasteiger partial charge in [-0.15, -0.1) is 0 Å². The van der Waals surface area contributed by atoms with E-state index in [1.54, 1.807) is 0 Å². The zero-order valence-electron chi connectivity index (χ0n) is 9.92. The third-order valence-corrected chi connectivity index (χ3v) is 2.44. The fraction of sp³-hybridized carbons (Fsp3) is 0.417. The molecule has 0 aromatic carbocycles. The molecule has 0 saturated carbocycles. The summed E-state index contributed by atoms with van der Waals surface area (Å²) in [5.74, 6) is 0.132. The highest BCUT2D eigenvalue weighted by Crippen LogP contribution is 2.19. The molecule has 6 nitrogen and oxygen atoms in total. The lowest BCUT2D eigenvalue weighted by Crippen LogP contribution is -2.23. The summed E-state index contributed by atoms with van der Waals surface area (Å²) in [7, 11) is 0. The van der Waals surface area contributed by atoms with Crippen LogP contribution in [0.1, 0.15) is 12.8 Å². The van der Waals surface area contributed by atoms with Gasteiger partial charge in [0.2, 0.25) is 0 Å². The highest BCUT2D eigenvalue weighted by Gasteiger charge is 2.18. The molecule has 0 unspecified atom stereocenters. The Labute approximate surface area is 105 Å². The minimum atomic E-state index is -0.668. The second-order valence-electron chi connectivity index (χ2n) is 3.77. The minimum Gasteiger partial charge on any atom is -0.489 e. The second-order valence-corrected chi connectivity index (χ2v) is 3.77. The number of allylic oxidation sites excluding steroid dienone is 2. The first kappa shape index (κ1) is 13.9. The summed E-state index contributed by atoms with van der Waals surface area (Å²) in [5, 5.41) is 19.3. The summed E-state index contributed by atoms with van der Waals surface area (Å²) >= 11 is 0. The lowest BCUT2D eigenvalue weighted by molar-refractivity contribution is -0.418. The van der Waals surface area contributed by atoms with E-state index >= 15 is 0 Å². The fourth-order valence-electron chi connectivity index (χ4n) is 1.45. The Balaban J connectivity index is 2.65. The van der Waals surface area contributed by atoms with E-state index in [0.717, 1.165) is 6.08 Å². The van der Waals surface area contributed by atoms with Crippen molar-refractivity contribution in [3.63, 3.8) is 0 Å². The van der Waals surface area contributed by atoms with Crippen LogP contribution >= 0.6 is 0 Å². The number of nitriles is 1. The average Bonchev–Trinajstić information content (AvgIpc) is 2.36. The fourth-order valence-corrected chi connectivity index (χ4v) is 1.45. The molecule has 0 bridgehead atoms. The molecule has 1 saturated heterocycles. The van der Waals surface area contributed by atoms with Crippen molar-refractivity contribution in [1.82, 2.24) is 0 Å². The Kier molecular flexibility index (Phi) is 5.08. The van der Waals surface area contributed by atoms with Gasteiger partial charge in [0.1, 0.15) is 23.5 Å². The maximum atomic E-state index is 10.4. The molecule has 0 radical (unpaired) electrons. The zero-order valence-corrected chi connectivity index (χ0v) is 9.92. The van der Waals surface area contributed by atoms with Gasteiger partial charge in [-0.25, -0.2) is 0 Å². The Hall–Kier alpha value is -2.13. The van der Waals surface area contributed by atoms with Crippen LogP contribution in [0, 0.1) is 21.4 Å². The number of hydrogen-bond acceptors (Lipinski definition) is 5. The number of nitro groups is 1. The van der Waals surface area contributed by atoms with Crippen molar-refractivity contribution in [2.45, 2.75) is 18.9 Å². The van der Waals surface area contributed by atoms with Gasteiger partial charge in [0, 0.05) is 18.9 Å². The summed E-state index contributed by atoms with van der Waals surface area (Å²) in [6.45, 7) is 8.05. The minimum absolute atomic E-state index is 0.0168. The van der Waals surface area contributed by atoms with Crippen molar-refractivity contribution in [3.05, 3.63) is 46.4 Å². The van der Waals surface area contributed by atoms with Crippen LogP contribution in [0.4, 0.5) is 0 Å². The quantitative estimate of drug-likeness (QED) is 0.245. The molecule has 1 rings (SSSR count). The zero-order chi connectivity index (χ0) is 13.5. The van der Waals surface area contributed by atoms with Gasteiger partial charge in [0.25, 0.3) is 5.70 Å². The first-order valence-corrected chi connectivity index (χ1v) is 5.43. The maximum Gasteiger partial charge on any atom is 0.263 e. The van der Waals surface area contributed by atoms with Crippen LogP contribution in [0.25, 0.3) is 0 Å². The van der Waals surface area contributed by atoms with Crippen molar-refractivity contribution < 1.29 is 14.4 Å². The molecule has 0 aliphatic carbocycles. The van der Waals surface area contributed by atoms with E-state index < -0.39 is 4.92 Å². The molecule has 0 N–H and O–H groups in total. The van der Waals surface area contributed by atoms with Gasteiger partial charge >= 0.3 is 0 Å². The molecule has 0 aromatic rings. The Morgan fingerprint density at radius 1 is 1.50 bits per heavy atom. The van der Waals surface area contributed by atoms with Crippen LogP contribution in [0.2, 0.25) is 0 Å². The van der Waals surface area contributed by atoms with Crippen molar-refractivity contribution in [1.29, 1.82) is 5.26 Å². The lowest BCUT2D eigenvalue weighted by atomic mass is 10.1. The van der Waals surface area contributed by atoms with E-state index in [2.05, 4.69) is 13.2 Å². The largest absolute Gasteiger partial charge is 0.489 e. The number of nitrogens with zero attached hydrogens (tertiary/aromatic N) is 2. The van der Waals surface area contributed by atoms with Crippen molar-refractivity contribution in [2.75, 3.05) is 13.2 Å². The maximum absolute atomic E-state index is 10.4. The Morgan fingerprint density at radius 2 is 2.11 bits per heavy atom. The highest BCUT2D eigenvalue weighted by atomic mass is 16.6. The summed E-state index contributed by atoms with van der Waals surface area (Å²) < 4.78 is 10.7. The number of rotatable bonds is 5. The third-order valence-electron chi connectivity index (χ3n) is 2.44. The molecule has 0 atom stereocenters. The first-order valence-electron chi connectivity index (χ1n) is 5.43. The van der Waals surface area contributed by atoms with Gasteiger partial charge in [0.05, 0.1) is 18.1 Å². The van der Waals surface area contributed by atoms with Crippen LogP contribution in [0.3, 0.4) is 0 Å². The van der Waals surface area contributed by atoms with Gasteiger partial charge in [-0.3, -0.25) is 10.1 Å². The molecule has 1 fully saturated rings. The van der Waals surface area contributed by atoms with Crippen LogP contribution in [-0.2, 0) is 9.47 Å². The van der Waals surface area contributed by atoms with Gasteiger partial charge in [0.15, 0.2) is 0 Å². The number of ether oxygens (including phenoxy) is 2. The van der Waals surface area contributed by atoms with E-state index in [9.17, 15) is 10.1 Å². The lowest BCUT2D eigenvalue weighted by Gasteiger charge is -2.23. The SMILES string of the molecule is C=C(OC1CCOCC1)/C(C#N)=C\C(=C)[N+](=O)[O-]. The smallest absolute Gasteiger partial charge is 0.263 e. The summed E-state index contributed by atoms with van der Waals surface area (Å²) in [5.41, 5.74) is -0.355. The number of hydrogen-bond donors (Lipinski definition) is 0. The van der Waals surface area contributed by atoms with Gasteiger partial charge < -0.3 is 9.47 Å². The van der Waals surface area contributed by atoms with E-state index in [-0.39, 0.29) is 23.1 Å². The summed E-state index contributed by atoms with van der Waals surface area (Å²) in [6.07, 6.45) is 2.43. The molecular formula is C12H14N2O4. The van der Waals surface area contributed by atoms with Crippen molar-refractivity contribution in [2.24, 2.45) is 0 Å². The van der Waals surface area contributed by atoms with Crippen molar-refractivity contribution >= 4 is 0 Å². The molecule has 1 aliphatic rings. The van der Waals surface area contributed by atoms with Crippen molar-refractivity contribution in [3.8, 4) is 6.07 Å². The molecule has 0 spiro atoms. The summed E-state index contributed by atoms with van der Waals surface area (Å²) in [4.78, 5) is 9.76. The van der Waals surface area contributed by atoms with E-state index in [0.29, 0.717) is 26.1 Å². The molecular weight excluding hydrogens is 236 g/mol. The van der Waals surface area contributed by atoms with Crippen LogP contribution in [-0.4, -0.2) is 24.2 Å². The molecule has 1 heterocycles. The Bertz CT molecular complexity index is 428. The molecule has 1 aliphatic heterocycles. The van der Waals surface area contributed by atoms with Gasteiger partial charge in [-0.2, -0.15) is 5.26 Å². The Morgan fingerprint density at radius 3 is 2.61 bits per heavy atom. The second kappa shape index (κ2) is 6.57. The van der Waals surface area contributed by atoms with Gasteiger partial charge in [-0.05, 0) is 6.58 Å². The third kappa shape index (κ3) is 4.03. The van der Waals surface area contributed by atoms with Crippen LogP contribution in [0.15, 0.2) is 36.3 Å². The molecule has 6 heteroatoms. The van der Waals surface area contributed by atoms with E-state index in [4.69, 9.17) is 14.7 Å².